The van der Waals surface area contributed by atoms with Gasteiger partial charge in [-0.3, -0.25) is 14.4 Å². The number of nitrogens with one attached hydrogen (secondary N) is 3. The third kappa shape index (κ3) is 7.74. The number of rotatable bonds is 12. The molecular formula is C27H30BrN7O4. The van der Waals surface area contributed by atoms with Crippen LogP contribution in [0.25, 0.3) is 0 Å². The SMILES string of the molecule is N[C@H](Cc1ccccc1)C(=O)Nc1cccc(Nc2ncc(Br)c(NCCCN3CCC(C(=O)O)C3=O)n2)c1. The Kier molecular flexibility index (Phi) is 9.45. The molecule has 2 heterocycles. The van der Waals surface area contributed by atoms with Gasteiger partial charge in [-0.1, -0.05) is 36.4 Å². The van der Waals surface area contributed by atoms with Crippen LogP contribution in [-0.4, -0.2) is 63.4 Å². The summed E-state index contributed by atoms with van der Waals surface area (Å²) in [6, 6.07) is 16.1. The lowest BCUT2D eigenvalue weighted by atomic mass is 10.1. The Morgan fingerprint density at radius 2 is 1.92 bits per heavy atom. The van der Waals surface area contributed by atoms with Gasteiger partial charge in [0.15, 0.2) is 0 Å². The van der Waals surface area contributed by atoms with Crippen molar-refractivity contribution in [1.82, 2.24) is 14.9 Å². The Morgan fingerprint density at radius 3 is 2.67 bits per heavy atom. The number of hydrogen-bond donors (Lipinski definition) is 5. The van der Waals surface area contributed by atoms with Crippen LogP contribution in [0.4, 0.5) is 23.1 Å². The summed E-state index contributed by atoms with van der Waals surface area (Å²) in [5.41, 5.74) is 8.35. The van der Waals surface area contributed by atoms with E-state index in [-0.39, 0.29) is 11.8 Å². The molecule has 12 heteroatoms. The summed E-state index contributed by atoms with van der Waals surface area (Å²) in [5, 5.41) is 18.3. The summed E-state index contributed by atoms with van der Waals surface area (Å²) in [6.45, 7) is 1.46. The fourth-order valence-corrected chi connectivity index (χ4v) is 4.55. The van der Waals surface area contributed by atoms with Crippen molar-refractivity contribution >= 4 is 56.9 Å². The van der Waals surface area contributed by atoms with Crippen molar-refractivity contribution in [3.8, 4) is 0 Å². The number of benzene rings is 2. The third-order valence-corrected chi connectivity index (χ3v) is 6.84. The van der Waals surface area contributed by atoms with Crippen LogP contribution in [0.3, 0.4) is 0 Å². The van der Waals surface area contributed by atoms with Gasteiger partial charge in [-0.2, -0.15) is 4.98 Å². The van der Waals surface area contributed by atoms with Crippen LogP contribution < -0.4 is 21.7 Å². The number of aliphatic carboxylic acids is 1. The number of carbonyl (C=O) groups excluding carboxylic acids is 2. The van der Waals surface area contributed by atoms with Gasteiger partial charge in [-0.25, -0.2) is 4.98 Å². The van der Waals surface area contributed by atoms with Crippen LogP contribution in [0.15, 0.2) is 65.3 Å². The molecule has 204 valence electrons. The molecule has 0 saturated carbocycles. The molecule has 0 aliphatic carbocycles. The molecule has 3 aromatic rings. The molecule has 0 radical (unpaired) electrons. The number of nitrogens with two attached hydrogens (primary N) is 1. The number of carboxylic acids is 1. The second-order valence-corrected chi connectivity index (χ2v) is 10.0. The van der Waals surface area contributed by atoms with Crippen LogP contribution >= 0.6 is 15.9 Å². The van der Waals surface area contributed by atoms with Gasteiger partial charge in [0.05, 0.1) is 10.5 Å². The van der Waals surface area contributed by atoms with E-state index >= 15 is 0 Å². The summed E-state index contributed by atoms with van der Waals surface area (Å²) in [7, 11) is 0. The van der Waals surface area contributed by atoms with E-state index in [9.17, 15) is 14.4 Å². The molecule has 4 rings (SSSR count). The number of carboxylic acid groups (broad SMARTS) is 1. The smallest absolute Gasteiger partial charge is 0.316 e. The van der Waals surface area contributed by atoms with Gasteiger partial charge in [-0.05, 0) is 59.0 Å². The maximum atomic E-state index is 12.6. The van der Waals surface area contributed by atoms with Gasteiger partial charge >= 0.3 is 5.97 Å². The number of carbonyl (C=O) groups is 3. The van der Waals surface area contributed by atoms with Crippen molar-refractivity contribution < 1.29 is 19.5 Å². The Balaban J connectivity index is 1.29. The van der Waals surface area contributed by atoms with Gasteiger partial charge in [0, 0.05) is 37.2 Å². The van der Waals surface area contributed by atoms with E-state index in [1.165, 1.54) is 0 Å². The van der Waals surface area contributed by atoms with Gasteiger partial charge in [-0.15, -0.1) is 0 Å². The van der Waals surface area contributed by atoms with Crippen LogP contribution in [0, 0.1) is 5.92 Å². The highest BCUT2D eigenvalue weighted by atomic mass is 79.9. The molecule has 2 amide bonds. The molecule has 39 heavy (non-hydrogen) atoms. The predicted octanol–water partition coefficient (Wildman–Crippen LogP) is 3.23. The van der Waals surface area contributed by atoms with E-state index in [4.69, 9.17) is 10.8 Å². The fourth-order valence-electron chi connectivity index (χ4n) is 4.22. The molecule has 11 nitrogen and oxygen atoms in total. The number of halogens is 1. The van der Waals surface area contributed by atoms with Gasteiger partial charge in [0.1, 0.15) is 11.7 Å². The van der Waals surface area contributed by atoms with Crippen LogP contribution in [0.1, 0.15) is 18.4 Å². The Labute approximate surface area is 234 Å². The quantitative estimate of drug-likeness (QED) is 0.156. The second-order valence-electron chi connectivity index (χ2n) is 9.17. The highest BCUT2D eigenvalue weighted by Crippen LogP contribution is 2.24. The van der Waals surface area contributed by atoms with E-state index in [0.29, 0.717) is 66.5 Å². The minimum absolute atomic E-state index is 0.281. The van der Waals surface area contributed by atoms with Gasteiger partial charge < -0.3 is 31.7 Å². The molecule has 1 aliphatic heterocycles. The molecular weight excluding hydrogens is 566 g/mol. The summed E-state index contributed by atoms with van der Waals surface area (Å²) < 4.78 is 0.671. The first-order valence-electron chi connectivity index (χ1n) is 12.6. The second kappa shape index (κ2) is 13.2. The number of anilines is 4. The van der Waals surface area contributed by atoms with E-state index in [2.05, 4.69) is 41.8 Å². The third-order valence-electron chi connectivity index (χ3n) is 6.26. The first kappa shape index (κ1) is 28.0. The molecule has 0 bridgehead atoms. The lowest BCUT2D eigenvalue weighted by Gasteiger charge is -2.16. The zero-order valence-corrected chi connectivity index (χ0v) is 22.7. The Morgan fingerprint density at radius 1 is 1.15 bits per heavy atom. The van der Waals surface area contributed by atoms with E-state index in [0.717, 1.165) is 5.56 Å². The molecule has 1 aliphatic rings. The van der Waals surface area contributed by atoms with Crippen molar-refractivity contribution in [3.05, 3.63) is 70.8 Å². The molecule has 0 spiro atoms. The summed E-state index contributed by atoms with van der Waals surface area (Å²) >= 11 is 3.44. The summed E-state index contributed by atoms with van der Waals surface area (Å²) in [4.78, 5) is 46.2. The standard InChI is InChI=1S/C27H30BrN7O4/c28-21-16-31-27(34-23(21)30-11-5-12-35-13-10-20(25(35)37)26(38)39)33-19-9-4-8-18(15-19)32-24(36)22(29)14-17-6-2-1-3-7-17/h1-4,6-9,15-16,20,22H,5,10-14,29H2,(H,32,36)(H,38,39)(H2,30,31,33,34)/t20?,22-/m1/s1. The molecule has 1 saturated heterocycles. The topological polar surface area (TPSA) is 163 Å². The highest BCUT2D eigenvalue weighted by molar-refractivity contribution is 9.10. The van der Waals surface area contributed by atoms with E-state index in [1.54, 1.807) is 29.3 Å². The largest absolute Gasteiger partial charge is 0.481 e. The normalized spacial score (nSPS) is 15.6. The zero-order valence-electron chi connectivity index (χ0n) is 21.1. The van der Waals surface area contributed by atoms with Crippen molar-refractivity contribution in [2.45, 2.75) is 25.3 Å². The van der Waals surface area contributed by atoms with Crippen molar-refractivity contribution in [2.75, 3.05) is 35.6 Å². The monoisotopic (exact) mass is 595 g/mol. The minimum atomic E-state index is -1.06. The molecule has 6 N–H and O–H groups in total. The maximum Gasteiger partial charge on any atom is 0.316 e. The van der Waals surface area contributed by atoms with Crippen LogP contribution in [0.2, 0.25) is 0 Å². The van der Waals surface area contributed by atoms with Crippen molar-refractivity contribution in [2.24, 2.45) is 11.7 Å². The van der Waals surface area contributed by atoms with E-state index in [1.807, 2.05) is 36.4 Å². The van der Waals surface area contributed by atoms with E-state index < -0.39 is 17.9 Å². The summed E-state index contributed by atoms with van der Waals surface area (Å²) in [5.74, 6) is -1.68. The van der Waals surface area contributed by atoms with Crippen molar-refractivity contribution in [3.63, 3.8) is 0 Å². The number of nitrogens with zero attached hydrogens (tertiary/aromatic N) is 3. The summed E-state index contributed by atoms with van der Waals surface area (Å²) in [6.07, 6.45) is 3.03. The van der Waals surface area contributed by atoms with Crippen molar-refractivity contribution in [1.29, 1.82) is 0 Å². The molecule has 2 atom stereocenters. The highest BCUT2D eigenvalue weighted by Gasteiger charge is 2.36. The first-order chi connectivity index (χ1) is 18.8. The number of hydrogen-bond acceptors (Lipinski definition) is 8. The molecule has 2 aromatic carbocycles. The number of aromatic nitrogens is 2. The molecule has 1 aromatic heterocycles. The predicted molar refractivity (Wildman–Crippen MR) is 152 cm³/mol. The Hall–Kier alpha value is -4.03. The lowest BCUT2D eigenvalue weighted by Crippen LogP contribution is -2.37. The number of likely N-dealkylation sites (tertiary alicyclic amines) is 1. The Bertz CT molecular complexity index is 1320. The lowest BCUT2D eigenvalue weighted by molar-refractivity contribution is -0.147. The van der Waals surface area contributed by atoms with Gasteiger partial charge in [0.25, 0.3) is 0 Å². The fraction of sp³-hybridized carbons (Fsp3) is 0.296. The molecule has 1 unspecified atom stereocenters. The van der Waals surface area contributed by atoms with Gasteiger partial charge in [0.2, 0.25) is 17.8 Å². The van der Waals surface area contributed by atoms with Crippen LogP contribution in [0.5, 0.6) is 0 Å². The minimum Gasteiger partial charge on any atom is -0.481 e. The zero-order chi connectivity index (χ0) is 27.8. The number of amides is 2. The maximum absolute atomic E-state index is 12.6. The average Bonchev–Trinajstić information content (AvgIpc) is 3.29. The first-order valence-corrected chi connectivity index (χ1v) is 13.3. The van der Waals surface area contributed by atoms with Crippen LogP contribution in [-0.2, 0) is 20.8 Å². The average molecular weight is 596 g/mol. The molecule has 1 fully saturated rings.